The Kier molecular flexibility index (Phi) is 17.0. The molecule has 0 aromatic rings. The Bertz CT molecular complexity index is 328. The Labute approximate surface area is 155 Å². The molecule has 25 heavy (non-hydrogen) atoms. The maximum atomic E-state index is 11.8. The zero-order valence-electron chi connectivity index (χ0n) is 16.8. The van der Waals surface area contributed by atoms with Crippen molar-refractivity contribution in [3.05, 3.63) is 0 Å². The molecule has 0 N–H and O–H groups in total. The van der Waals surface area contributed by atoms with Gasteiger partial charge in [0.2, 0.25) is 0 Å². The fourth-order valence-electron chi connectivity index (χ4n) is 3.20. The molecule has 0 fully saturated rings. The SMILES string of the molecule is CCCCCCCCCCCCCC(CCCC(=O)OC)C(=O)OC. The molecular weight excluding hydrogens is 316 g/mol. The lowest BCUT2D eigenvalue weighted by atomic mass is 9.95. The molecule has 0 aromatic heterocycles. The molecule has 0 bridgehead atoms. The van der Waals surface area contributed by atoms with Crippen LogP contribution in [0.1, 0.15) is 103 Å². The predicted octanol–water partition coefficient (Wildman–Crippen LogP) is 5.82. The van der Waals surface area contributed by atoms with Crippen molar-refractivity contribution in [1.82, 2.24) is 0 Å². The summed E-state index contributed by atoms with van der Waals surface area (Å²) in [6.45, 7) is 2.25. The highest BCUT2D eigenvalue weighted by molar-refractivity contribution is 5.72. The highest BCUT2D eigenvalue weighted by Gasteiger charge is 2.18. The van der Waals surface area contributed by atoms with Gasteiger partial charge in [-0.15, -0.1) is 0 Å². The van der Waals surface area contributed by atoms with Gasteiger partial charge in [0, 0.05) is 6.42 Å². The van der Waals surface area contributed by atoms with Crippen LogP contribution in [0.5, 0.6) is 0 Å². The Morgan fingerprint density at radius 1 is 0.680 bits per heavy atom. The number of carbonyl (C=O) groups is 2. The van der Waals surface area contributed by atoms with Crippen LogP contribution < -0.4 is 0 Å². The number of methoxy groups -OCH3 is 2. The summed E-state index contributed by atoms with van der Waals surface area (Å²) in [7, 11) is 2.83. The minimum absolute atomic E-state index is 0.0757. The molecule has 1 unspecified atom stereocenters. The van der Waals surface area contributed by atoms with Crippen LogP contribution in [-0.2, 0) is 19.1 Å². The topological polar surface area (TPSA) is 52.6 Å². The molecule has 0 amide bonds. The van der Waals surface area contributed by atoms with E-state index in [1.165, 1.54) is 78.4 Å². The van der Waals surface area contributed by atoms with Crippen molar-refractivity contribution >= 4 is 11.9 Å². The third kappa shape index (κ3) is 14.9. The van der Waals surface area contributed by atoms with Crippen LogP contribution in [0.25, 0.3) is 0 Å². The molecule has 0 radical (unpaired) electrons. The summed E-state index contributed by atoms with van der Waals surface area (Å²) in [4.78, 5) is 23.0. The Morgan fingerprint density at radius 2 is 1.16 bits per heavy atom. The van der Waals surface area contributed by atoms with Crippen LogP contribution in [0, 0.1) is 5.92 Å². The third-order valence-electron chi connectivity index (χ3n) is 4.85. The molecule has 0 heterocycles. The lowest BCUT2D eigenvalue weighted by Gasteiger charge is -2.14. The van der Waals surface area contributed by atoms with Gasteiger partial charge in [-0.1, -0.05) is 77.6 Å². The molecule has 148 valence electrons. The number of ether oxygens (including phenoxy) is 2. The molecule has 0 aliphatic rings. The summed E-state index contributed by atoms with van der Waals surface area (Å²) in [5.41, 5.74) is 0. The van der Waals surface area contributed by atoms with E-state index in [9.17, 15) is 9.59 Å². The summed E-state index contributed by atoms with van der Waals surface area (Å²) < 4.78 is 9.53. The molecule has 4 heteroatoms. The monoisotopic (exact) mass is 356 g/mol. The molecule has 0 aliphatic heterocycles. The Balaban J connectivity index is 3.64. The van der Waals surface area contributed by atoms with Crippen molar-refractivity contribution in [3.8, 4) is 0 Å². The fourth-order valence-corrected chi connectivity index (χ4v) is 3.20. The maximum Gasteiger partial charge on any atom is 0.308 e. The van der Waals surface area contributed by atoms with Crippen LogP contribution in [0.4, 0.5) is 0 Å². The predicted molar refractivity (Wildman–Crippen MR) is 102 cm³/mol. The van der Waals surface area contributed by atoms with Crippen molar-refractivity contribution < 1.29 is 19.1 Å². The van der Waals surface area contributed by atoms with E-state index in [4.69, 9.17) is 4.74 Å². The average molecular weight is 357 g/mol. The van der Waals surface area contributed by atoms with Gasteiger partial charge < -0.3 is 9.47 Å². The molecule has 0 saturated carbocycles. The first-order valence-corrected chi connectivity index (χ1v) is 10.3. The van der Waals surface area contributed by atoms with Gasteiger partial charge >= 0.3 is 11.9 Å². The standard InChI is InChI=1S/C21H40O4/c1-4-5-6-7-8-9-10-11-12-13-14-16-19(21(23)25-3)17-15-18-20(22)24-2/h19H,4-18H2,1-3H3. The van der Waals surface area contributed by atoms with Crippen molar-refractivity contribution in [2.45, 2.75) is 103 Å². The van der Waals surface area contributed by atoms with Gasteiger partial charge in [-0.3, -0.25) is 9.59 Å². The average Bonchev–Trinajstić information content (AvgIpc) is 2.63. The van der Waals surface area contributed by atoms with Gasteiger partial charge in [0.1, 0.15) is 0 Å². The lowest BCUT2D eigenvalue weighted by Crippen LogP contribution is -2.17. The van der Waals surface area contributed by atoms with E-state index in [2.05, 4.69) is 11.7 Å². The minimum Gasteiger partial charge on any atom is -0.469 e. The van der Waals surface area contributed by atoms with E-state index < -0.39 is 0 Å². The van der Waals surface area contributed by atoms with E-state index in [1.807, 2.05) is 0 Å². The number of esters is 2. The molecule has 0 aromatic carbocycles. The number of carbonyl (C=O) groups excluding carboxylic acids is 2. The second kappa shape index (κ2) is 17.8. The minimum atomic E-state index is -0.210. The summed E-state index contributed by atoms with van der Waals surface area (Å²) in [6, 6.07) is 0. The van der Waals surface area contributed by atoms with E-state index >= 15 is 0 Å². The van der Waals surface area contributed by atoms with E-state index in [0.717, 1.165) is 12.8 Å². The zero-order valence-corrected chi connectivity index (χ0v) is 16.8. The molecular formula is C21H40O4. The lowest BCUT2D eigenvalue weighted by molar-refractivity contribution is -0.147. The van der Waals surface area contributed by atoms with Gasteiger partial charge in [-0.25, -0.2) is 0 Å². The molecule has 4 nitrogen and oxygen atoms in total. The largest absolute Gasteiger partial charge is 0.469 e. The first-order valence-electron chi connectivity index (χ1n) is 10.3. The first kappa shape index (κ1) is 23.9. The second-order valence-corrected chi connectivity index (χ2v) is 7.01. The summed E-state index contributed by atoms with van der Waals surface area (Å²) in [5.74, 6) is -0.427. The van der Waals surface area contributed by atoms with Crippen molar-refractivity contribution in [3.63, 3.8) is 0 Å². The zero-order chi connectivity index (χ0) is 18.8. The maximum absolute atomic E-state index is 11.8. The molecule has 0 rings (SSSR count). The summed E-state index contributed by atoms with van der Waals surface area (Å²) >= 11 is 0. The fraction of sp³-hybridized carbons (Fsp3) is 0.905. The van der Waals surface area contributed by atoms with Gasteiger partial charge in [0.15, 0.2) is 0 Å². The quantitative estimate of drug-likeness (QED) is 0.243. The van der Waals surface area contributed by atoms with Crippen LogP contribution in [0.15, 0.2) is 0 Å². The normalized spacial score (nSPS) is 12.0. The van der Waals surface area contributed by atoms with Crippen LogP contribution >= 0.6 is 0 Å². The van der Waals surface area contributed by atoms with Crippen molar-refractivity contribution in [1.29, 1.82) is 0 Å². The van der Waals surface area contributed by atoms with Crippen molar-refractivity contribution in [2.24, 2.45) is 5.92 Å². The number of hydrogen-bond acceptors (Lipinski definition) is 4. The van der Waals surface area contributed by atoms with Crippen LogP contribution in [-0.4, -0.2) is 26.2 Å². The van der Waals surface area contributed by atoms with Gasteiger partial charge in [0.25, 0.3) is 0 Å². The van der Waals surface area contributed by atoms with Gasteiger partial charge in [-0.05, 0) is 19.3 Å². The van der Waals surface area contributed by atoms with E-state index in [-0.39, 0.29) is 17.9 Å². The Morgan fingerprint density at radius 3 is 1.64 bits per heavy atom. The molecule has 0 saturated heterocycles. The summed E-state index contributed by atoms with van der Waals surface area (Å²) in [6.07, 6.45) is 17.0. The highest BCUT2D eigenvalue weighted by Crippen LogP contribution is 2.19. The molecule has 0 aliphatic carbocycles. The van der Waals surface area contributed by atoms with Crippen LogP contribution in [0.2, 0.25) is 0 Å². The van der Waals surface area contributed by atoms with Gasteiger partial charge in [-0.2, -0.15) is 0 Å². The second-order valence-electron chi connectivity index (χ2n) is 7.01. The molecule has 1 atom stereocenters. The Hall–Kier alpha value is -1.06. The smallest absolute Gasteiger partial charge is 0.308 e. The number of hydrogen-bond donors (Lipinski definition) is 0. The third-order valence-corrected chi connectivity index (χ3v) is 4.85. The van der Waals surface area contributed by atoms with E-state index in [1.54, 1.807) is 0 Å². The van der Waals surface area contributed by atoms with Crippen molar-refractivity contribution in [2.75, 3.05) is 14.2 Å². The molecule has 0 spiro atoms. The van der Waals surface area contributed by atoms with Gasteiger partial charge in [0.05, 0.1) is 20.1 Å². The number of rotatable bonds is 17. The summed E-state index contributed by atoms with van der Waals surface area (Å²) in [5, 5.41) is 0. The number of unbranched alkanes of at least 4 members (excludes halogenated alkanes) is 10. The van der Waals surface area contributed by atoms with E-state index in [0.29, 0.717) is 19.3 Å². The first-order chi connectivity index (χ1) is 12.2. The highest BCUT2D eigenvalue weighted by atomic mass is 16.5. The van der Waals surface area contributed by atoms with Crippen LogP contribution in [0.3, 0.4) is 0 Å².